The molecule has 0 saturated heterocycles. The first kappa shape index (κ1) is 109. The molecule has 0 radical (unpaired) electrons. The van der Waals surface area contributed by atoms with E-state index < -0.39 is 0 Å². The first-order valence-electron chi connectivity index (χ1n) is 42.4. The van der Waals surface area contributed by atoms with Gasteiger partial charge in [-0.3, -0.25) is 4.79 Å². The van der Waals surface area contributed by atoms with E-state index in [2.05, 4.69) is 263 Å². The van der Waals surface area contributed by atoms with Crippen molar-refractivity contribution in [3.8, 4) is 314 Å². The van der Waals surface area contributed by atoms with Crippen LogP contribution in [0.1, 0.15) is 309 Å². The van der Waals surface area contributed by atoms with Crippen molar-refractivity contribution in [1.29, 1.82) is 0 Å². The van der Waals surface area contributed by atoms with Crippen molar-refractivity contribution in [3.05, 3.63) is 89.0 Å². The van der Waals surface area contributed by atoms with E-state index in [1.165, 1.54) is 200 Å². The number of nitrogens with two attached hydrogens (primary N) is 1. The first-order chi connectivity index (χ1) is 62.2. The van der Waals surface area contributed by atoms with Crippen LogP contribution in [0.5, 0.6) is 51.7 Å². The van der Waals surface area contributed by atoms with Crippen molar-refractivity contribution in [3.63, 3.8) is 0 Å². The summed E-state index contributed by atoms with van der Waals surface area (Å²) >= 11 is 0. The molecule has 0 saturated carbocycles. The molecule has 0 aromatic heterocycles. The Morgan fingerprint density at radius 2 is 0.579 bits per heavy atom. The maximum atomic E-state index is 10.8. The summed E-state index contributed by atoms with van der Waals surface area (Å²) in [7, 11) is 7.83. The number of methoxy groups -OCH3 is 5. The van der Waals surface area contributed by atoms with Crippen molar-refractivity contribution in [2.75, 3.05) is 48.8 Å². The number of carbonyl (C=O) groups excluding carboxylic acids is 1. The van der Waals surface area contributed by atoms with Gasteiger partial charge in [0.1, 0.15) is 46.7 Å². The average Bonchev–Trinajstić information content (AvgIpc) is 0.824. The lowest BCUT2D eigenvalue weighted by Gasteiger charge is -2.17. The second-order valence-electron chi connectivity index (χ2n) is 26.6. The topological polar surface area (TPSA) is 167 Å². The number of carbonyl (C=O) groups is 1. The lowest BCUT2D eigenvalue weighted by Crippen LogP contribution is -2.05. The van der Waals surface area contributed by atoms with Crippen molar-refractivity contribution in [1.82, 2.24) is 0 Å². The molecule has 4 rings (SSSR count). The summed E-state index contributed by atoms with van der Waals surface area (Å²) in [6, 6.07) is 19.0. The van der Waals surface area contributed by atoms with Gasteiger partial charge in [0, 0.05) is 241 Å². The quantitative estimate of drug-likeness (QED) is 0.0217. The van der Waals surface area contributed by atoms with E-state index >= 15 is 0 Å². The fourth-order valence-electron chi connectivity index (χ4n) is 10.9. The standard InChI is InChI=1S/C44H82O4.C30H11NO2.C30H8O3.C9H12O3.44H2/c1-4-6-8-10-12-14-16-18-20-22-24-26-28-30-32-34-36-47-43-39-41(40-45)38-42(46-3)44(43)48-37-35-33-31-29-27-25-23-21-19-17-15-13-11-9-7-5-2;2*1-3-4-5-6-7-8-9-10-11-12-13-14-15-16-17-18-19-20-21-22-25-33-29-24-23-28(27-31)30(26-29)32-2;1-11-8-4-3-7(6-10)9(5-8)12-2;;;;;;;;;;;;;;;;;;;;;;;;;;;;;;;;;;;;;;;;;;;;/h38-39,45H,4-37,40H2,1-3H3;1,23-24,26H,27,31H2,2H3;1,23-24,26-27H,2H3;3-5,10H,6H2,1-2H3;44*1H. The Labute approximate surface area is 821 Å². The third-order valence-electron chi connectivity index (χ3n) is 17.3. The summed E-state index contributed by atoms with van der Waals surface area (Å²) in [5, 5.41) is 18.7. The molecule has 4 N–H and O–H groups in total. The second-order valence-corrected chi connectivity index (χ2v) is 26.6. The minimum Gasteiger partial charge on any atom is -0.497 e. The smallest absolute Gasteiger partial charge is 0.203 e. The number of hydrogen-bond donors (Lipinski definition) is 3. The van der Waals surface area contributed by atoms with Gasteiger partial charge in [0.2, 0.25) is 5.75 Å². The summed E-state index contributed by atoms with van der Waals surface area (Å²) in [5.74, 6) is 104. The number of benzene rings is 4. The summed E-state index contributed by atoms with van der Waals surface area (Å²) < 4.78 is 48.8. The van der Waals surface area contributed by atoms with Crippen LogP contribution in [-0.2, 0) is 19.8 Å². The second kappa shape index (κ2) is 84.9. The molecule has 13 nitrogen and oxygen atoms in total. The number of unbranched alkanes of at least 4 members (excludes halogenated alkanes) is 30. The van der Waals surface area contributed by atoms with E-state index in [1.807, 2.05) is 12.1 Å². The monoisotopic (exact) mass is 1760 g/mol. The molecule has 0 aliphatic carbocycles. The van der Waals surface area contributed by atoms with Crippen molar-refractivity contribution >= 4 is 6.29 Å². The molecule has 0 amide bonds. The lowest BCUT2D eigenvalue weighted by atomic mass is 10.0. The van der Waals surface area contributed by atoms with Gasteiger partial charge in [0.05, 0.1) is 67.5 Å². The fourth-order valence-corrected chi connectivity index (χ4v) is 10.9. The van der Waals surface area contributed by atoms with Crippen LogP contribution in [0.4, 0.5) is 0 Å². The zero-order valence-corrected chi connectivity index (χ0v) is 74.3. The van der Waals surface area contributed by atoms with E-state index in [0.29, 0.717) is 77.6 Å². The normalized spacial score (nSPS) is 8.32. The van der Waals surface area contributed by atoms with Gasteiger partial charge in [0.25, 0.3) is 0 Å². The van der Waals surface area contributed by atoms with Crippen molar-refractivity contribution in [2.24, 2.45) is 5.73 Å². The van der Waals surface area contributed by atoms with Crippen LogP contribution in [-0.4, -0.2) is 65.3 Å². The molecule has 0 spiro atoms. The highest BCUT2D eigenvalue weighted by Gasteiger charge is 2.16. The Morgan fingerprint density at radius 1 is 0.302 bits per heavy atom. The Bertz CT molecular complexity index is 5600. The maximum Gasteiger partial charge on any atom is 0.203 e. The van der Waals surface area contributed by atoms with Gasteiger partial charge in [-0.1, -0.05) is 213 Å². The molecule has 0 atom stereocenters. The zero-order chi connectivity index (χ0) is 91.2. The lowest BCUT2D eigenvalue weighted by molar-refractivity contribution is 0.112. The Balaban J connectivity index is -0.0000000285. The van der Waals surface area contributed by atoms with E-state index in [1.54, 1.807) is 83.0 Å². The average molecular weight is 1770 g/mol. The number of ether oxygens (including phenoxy) is 9. The molecule has 0 aliphatic rings. The minimum atomic E-state index is -0.0365. The van der Waals surface area contributed by atoms with E-state index in [0.717, 1.165) is 35.3 Å². The molecule has 0 aliphatic heterocycles. The molecular formula is C113H201NO12. The first-order valence-corrected chi connectivity index (χ1v) is 42.4. The van der Waals surface area contributed by atoms with Crippen LogP contribution in [0.25, 0.3) is 0 Å². The summed E-state index contributed by atoms with van der Waals surface area (Å²) in [6.07, 6.45) is 59.0. The van der Waals surface area contributed by atoms with Gasteiger partial charge < -0.3 is 58.6 Å². The van der Waals surface area contributed by atoms with Crippen LogP contribution in [0.2, 0.25) is 0 Å². The molecule has 126 heavy (non-hydrogen) atoms. The minimum absolute atomic E-state index is 0. The molecule has 13 heteroatoms. The van der Waals surface area contributed by atoms with Gasteiger partial charge in [-0.2, -0.15) is 0 Å². The van der Waals surface area contributed by atoms with Crippen LogP contribution < -0.4 is 48.4 Å². The highest BCUT2D eigenvalue weighted by Crippen LogP contribution is 2.39. The third-order valence-corrected chi connectivity index (χ3v) is 17.3. The highest BCUT2D eigenvalue weighted by molar-refractivity contribution is 5.79. The van der Waals surface area contributed by atoms with Crippen LogP contribution >= 0.6 is 0 Å². The maximum absolute atomic E-state index is 10.8. The molecule has 0 bridgehead atoms. The Kier molecular flexibility index (Phi) is 73.5. The predicted molar refractivity (Wildman–Crippen MR) is 601 cm³/mol. The van der Waals surface area contributed by atoms with Gasteiger partial charge in [0.15, 0.2) is 17.8 Å². The number of aldehydes is 1. The molecule has 4 aromatic carbocycles. The van der Waals surface area contributed by atoms with E-state index in [-0.39, 0.29) is 76.0 Å². The van der Waals surface area contributed by atoms with Crippen LogP contribution in [0.3, 0.4) is 0 Å². The third kappa shape index (κ3) is 63.0. The zero-order valence-electron chi connectivity index (χ0n) is 74.3. The largest absolute Gasteiger partial charge is 0.497 e. The molecular weight excluding hydrogens is 1560 g/mol. The van der Waals surface area contributed by atoms with Gasteiger partial charge in [-0.25, -0.2) is 0 Å². The molecule has 0 heterocycles. The molecule has 4 aromatic rings. The molecule has 0 unspecified atom stereocenters. The van der Waals surface area contributed by atoms with Crippen molar-refractivity contribution in [2.45, 2.75) is 239 Å². The summed E-state index contributed by atoms with van der Waals surface area (Å²) in [4.78, 5) is 10.8. The van der Waals surface area contributed by atoms with Crippen molar-refractivity contribution < 1.29 is 120 Å². The fraction of sp³-hybridized carbons (Fsp3) is 0.389. The van der Waals surface area contributed by atoms with Crippen LogP contribution in [0, 0.1) is 262 Å². The number of hydrogen-bond acceptors (Lipinski definition) is 13. The van der Waals surface area contributed by atoms with Gasteiger partial charge in [-0.15, -0.1) is 12.8 Å². The Hall–Kier alpha value is -15.1. The summed E-state index contributed by atoms with van der Waals surface area (Å²) in [5.41, 5.74) is 8.45. The number of aliphatic hydroxyl groups is 2. The highest BCUT2D eigenvalue weighted by atomic mass is 16.5. The number of rotatable bonds is 47. The van der Waals surface area contributed by atoms with E-state index in [4.69, 9.17) is 66.3 Å². The molecule has 0 fully saturated rings. The number of aliphatic hydroxyl groups excluding tert-OH is 2. The van der Waals surface area contributed by atoms with E-state index in [9.17, 15) is 9.90 Å². The SMILES string of the molecule is C#CC#CC#CC#CC#CC#CC#CC#CC#CC#CC#COc1ccc(C=O)c(OC)c1.C#CC#CC#CC#CC#CC#CC#CC#CC#CC#CC#COc1ccc(CN)c(OC)c1.CCCCCCCCCCCCCCCCCCOc1cc(CO)cc(OC)c1OCCCCCCCCCCCCCCCCCC.COc1ccc(CO)c(OC)c1.[HH].[HH].[HH].[HH].[HH].[HH].[HH].[HH].[HH].[HH].[HH].[HH].[HH].[HH].[HH].[HH].[HH].[HH].[HH].[HH].[HH].[HH].[HH].[HH].[HH].[HH].[HH].[HH].[HH].[HH].[HH].[HH].[HH].[HH].[HH].[HH].[HH].[HH].[HH].[HH].[HH].[HH].[HH].[HH]. The predicted octanol–water partition coefficient (Wildman–Crippen LogP) is 29.2. The van der Waals surface area contributed by atoms with Gasteiger partial charge in [-0.05, 0) is 156 Å². The van der Waals surface area contributed by atoms with Gasteiger partial charge >= 0.3 is 0 Å². The molecule has 730 valence electrons. The van der Waals surface area contributed by atoms with Crippen LogP contribution in [0.15, 0.2) is 66.7 Å². The number of terminal acetylenes is 2. The summed E-state index contributed by atoms with van der Waals surface area (Å²) in [6.45, 7) is 6.24. The Morgan fingerprint density at radius 3 is 0.889 bits per heavy atom.